The van der Waals surface area contributed by atoms with Gasteiger partial charge in [-0.3, -0.25) is 15.0 Å². The predicted molar refractivity (Wildman–Crippen MR) is 115 cm³/mol. The monoisotopic (exact) mass is 452 g/mol. The molecule has 160 valence electrons. The van der Waals surface area contributed by atoms with Crippen LogP contribution >= 0.6 is 11.6 Å². The maximum absolute atomic E-state index is 14.8. The molecule has 1 atom stereocenters. The molecule has 32 heavy (non-hydrogen) atoms. The highest BCUT2D eigenvalue weighted by molar-refractivity contribution is 6.31. The van der Waals surface area contributed by atoms with Crippen LogP contribution in [0.1, 0.15) is 21.5 Å². The Morgan fingerprint density at radius 2 is 1.94 bits per heavy atom. The maximum Gasteiger partial charge on any atom is 0.411 e. The van der Waals surface area contributed by atoms with E-state index in [4.69, 9.17) is 16.7 Å². The van der Waals surface area contributed by atoms with Crippen molar-refractivity contribution in [3.8, 4) is 0 Å². The van der Waals surface area contributed by atoms with Gasteiger partial charge in [0.05, 0.1) is 16.7 Å². The van der Waals surface area contributed by atoms with Gasteiger partial charge in [0.15, 0.2) is 5.72 Å². The Kier molecular flexibility index (Phi) is 4.40. The third-order valence-corrected chi connectivity index (χ3v) is 5.55. The third kappa shape index (κ3) is 2.90. The molecule has 8 nitrogen and oxygen atoms in total. The van der Waals surface area contributed by atoms with Gasteiger partial charge in [0.25, 0.3) is 5.91 Å². The Labute approximate surface area is 184 Å². The van der Waals surface area contributed by atoms with Crippen molar-refractivity contribution in [3.05, 3.63) is 88.2 Å². The SMILES string of the molecule is O=C(O)Nc1nc2cc(C3(O)c4ccccc4C(=O)N3c3cc(Cl)ccc3F)ccc2[nH]1. The van der Waals surface area contributed by atoms with E-state index in [1.165, 1.54) is 18.2 Å². The van der Waals surface area contributed by atoms with Crippen molar-refractivity contribution in [2.45, 2.75) is 5.72 Å². The number of carbonyl (C=O) groups excluding carboxylic acids is 1. The average molecular weight is 453 g/mol. The molecule has 4 N–H and O–H groups in total. The molecular weight excluding hydrogens is 439 g/mol. The van der Waals surface area contributed by atoms with Gasteiger partial charge in [-0.1, -0.05) is 35.9 Å². The fourth-order valence-electron chi connectivity index (χ4n) is 3.97. The smallest absolute Gasteiger partial charge is 0.411 e. The summed E-state index contributed by atoms with van der Waals surface area (Å²) in [6.45, 7) is 0. The number of carbonyl (C=O) groups is 2. The highest BCUT2D eigenvalue weighted by Gasteiger charge is 2.51. The lowest BCUT2D eigenvalue weighted by atomic mass is 9.93. The number of nitrogens with one attached hydrogen (secondary N) is 2. The van der Waals surface area contributed by atoms with Crippen molar-refractivity contribution in [1.29, 1.82) is 0 Å². The van der Waals surface area contributed by atoms with E-state index in [9.17, 15) is 19.1 Å². The zero-order valence-corrected chi connectivity index (χ0v) is 16.9. The van der Waals surface area contributed by atoms with E-state index in [0.717, 1.165) is 11.0 Å². The van der Waals surface area contributed by atoms with Crippen LogP contribution in [-0.4, -0.2) is 32.2 Å². The van der Waals surface area contributed by atoms with Crippen molar-refractivity contribution in [2.75, 3.05) is 10.2 Å². The molecule has 4 aromatic rings. The molecule has 0 radical (unpaired) electrons. The quantitative estimate of drug-likeness (QED) is 0.369. The van der Waals surface area contributed by atoms with Gasteiger partial charge < -0.3 is 15.2 Å². The minimum atomic E-state index is -2.06. The van der Waals surface area contributed by atoms with Gasteiger partial charge in [-0.25, -0.2) is 14.2 Å². The summed E-state index contributed by atoms with van der Waals surface area (Å²) in [6.07, 6.45) is -1.29. The molecule has 1 aliphatic rings. The number of fused-ring (bicyclic) bond motifs is 2. The van der Waals surface area contributed by atoms with E-state index in [1.54, 1.807) is 36.4 Å². The molecular formula is C22H14ClFN4O4. The van der Waals surface area contributed by atoms with E-state index in [2.05, 4.69) is 15.3 Å². The summed E-state index contributed by atoms with van der Waals surface area (Å²) >= 11 is 6.06. The number of halogens is 2. The largest absolute Gasteiger partial charge is 0.465 e. The highest BCUT2D eigenvalue weighted by Crippen LogP contribution is 2.46. The van der Waals surface area contributed by atoms with E-state index >= 15 is 0 Å². The van der Waals surface area contributed by atoms with Crippen LogP contribution in [0, 0.1) is 5.82 Å². The topological polar surface area (TPSA) is 119 Å². The first-order chi connectivity index (χ1) is 15.3. The van der Waals surface area contributed by atoms with Crippen LogP contribution in [0.5, 0.6) is 0 Å². The Morgan fingerprint density at radius 3 is 2.72 bits per heavy atom. The average Bonchev–Trinajstić information content (AvgIpc) is 3.26. The highest BCUT2D eigenvalue weighted by atomic mass is 35.5. The Morgan fingerprint density at radius 1 is 1.16 bits per heavy atom. The van der Waals surface area contributed by atoms with E-state index < -0.39 is 23.5 Å². The molecule has 0 fully saturated rings. The number of carboxylic acid groups (broad SMARTS) is 1. The summed E-state index contributed by atoms with van der Waals surface area (Å²) in [6, 6.07) is 14.8. The van der Waals surface area contributed by atoms with Gasteiger partial charge in [-0.15, -0.1) is 0 Å². The number of aliphatic hydroxyl groups is 1. The molecule has 0 spiro atoms. The summed E-state index contributed by atoms with van der Waals surface area (Å²) in [5, 5.41) is 23.2. The molecule has 10 heteroatoms. The first-order valence-corrected chi connectivity index (χ1v) is 9.78. The number of nitrogens with zero attached hydrogens (tertiary/aromatic N) is 2. The fourth-order valence-corrected chi connectivity index (χ4v) is 4.14. The lowest BCUT2D eigenvalue weighted by Gasteiger charge is -2.35. The van der Waals surface area contributed by atoms with E-state index in [1.807, 2.05) is 0 Å². The standard InChI is InChI=1S/C22H14ClFN4O4/c23-12-6-7-15(24)18(10-12)28-19(29)13-3-1-2-4-14(13)22(28,32)11-5-8-16-17(9-11)26-20(25-16)27-21(30)31/h1-10,32H,(H,30,31)(H2,25,26,27). The normalized spacial score (nSPS) is 17.6. The maximum atomic E-state index is 14.8. The number of hydrogen-bond acceptors (Lipinski definition) is 4. The second kappa shape index (κ2) is 7.04. The Hall–Kier alpha value is -3.95. The number of imidazole rings is 1. The molecule has 2 amide bonds. The summed E-state index contributed by atoms with van der Waals surface area (Å²) < 4.78 is 14.8. The molecule has 2 heterocycles. The number of H-pyrrole nitrogens is 1. The molecule has 0 aliphatic carbocycles. The van der Waals surface area contributed by atoms with Gasteiger partial charge in [-0.05, 0) is 36.4 Å². The lowest BCUT2D eigenvalue weighted by Crippen LogP contribution is -2.45. The van der Waals surface area contributed by atoms with E-state index in [-0.39, 0.29) is 33.3 Å². The molecule has 1 unspecified atom stereocenters. The minimum absolute atomic E-state index is 0.00252. The third-order valence-electron chi connectivity index (χ3n) is 5.32. The second-order valence-electron chi connectivity index (χ2n) is 7.20. The zero-order valence-electron chi connectivity index (χ0n) is 16.1. The molecule has 0 saturated heterocycles. The minimum Gasteiger partial charge on any atom is -0.465 e. The molecule has 5 rings (SSSR count). The molecule has 1 aliphatic heterocycles. The summed E-state index contributed by atoms with van der Waals surface area (Å²) in [5.41, 5.74) is -0.699. The van der Waals surface area contributed by atoms with Gasteiger partial charge in [0.1, 0.15) is 5.82 Å². The summed E-state index contributed by atoms with van der Waals surface area (Å²) in [7, 11) is 0. The van der Waals surface area contributed by atoms with Crippen molar-refractivity contribution < 1.29 is 24.2 Å². The predicted octanol–water partition coefficient (Wildman–Crippen LogP) is 4.30. The second-order valence-corrected chi connectivity index (χ2v) is 7.64. The number of amides is 2. The van der Waals surface area contributed by atoms with Crippen molar-refractivity contribution in [3.63, 3.8) is 0 Å². The summed E-state index contributed by atoms with van der Waals surface area (Å²) in [5.74, 6) is -1.33. The number of benzene rings is 3. The van der Waals surface area contributed by atoms with Crippen LogP contribution in [0.2, 0.25) is 5.02 Å². The van der Waals surface area contributed by atoms with Crippen LogP contribution in [0.3, 0.4) is 0 Å². The van der Waals surface area contributed by atoms with Crippen LogP contribution in [0.25, 0.3) is 11.0 Å². The van der Waals surface area contributed by atoms with Gasteiger partial charge in [-0.2, -0.15) is 0 Å². The number of hydrogen-bond donors (Lipinski definition) is 4. The van der Waals surface area contributed by atoms with E-state index in [0.29, 0.717) is 11.0 Å². The zero-order chi connectivity index (χ0) is 22.6. The van der Waals surface area contributed by atoms with Crippen molar-refractivity contribution in [2.24, 2.45) is 0 Å². The van der Waals surface area contributed by atoms with Crippen LogP contribution in [0.15, 0.2) is 60.7 Å². The Bertz CT molecular complexity index is 1420. The number of anilines is 2. The number of aromatic amines is 1. The lowest BCUT2D eigenvalue weighted by molar-refractivity contribution is 0.0699. The van der Waals surface area contributed by atoms with Crippen LogP contribution in [0.4, 0.5) is 20.8 Å². The number of aromatic nitrogens is 2. The van der Waals surface area contributed by atoms with Gasteiger partial charge >= 0.3 is 6.09 Å². The number of rotatable bonds is 3. The fraction of sp³-hybridized carbons (Fsp3) is 0.0455. The Balaban J connectivity index is 1.74. The van der Waals surface area contributed by atoms with Crippen molar-refractivity contribution >= 4 is 46.3 Å². The molecule has 0 saturated carbocycles. The van der Waals surface area contributed by atoms with Crippen LogP contribution < -0.4 is 10.2 Å². The first-order valence-electron chi connectivity index (χ1n) is 9.40. The first kappa shape index (κ1) is 20.0. The molecule has 3 aromatic carbocycles. The van der Waals surface area contributed by atoms with Gasteiger partial charge in [0.2, 0.25) is 5.95 Å². The van der Waals surface area contributed by atoms with Crippen LogP contribution in [-0.2, 0) is 5.72 Å². The van der Waals surface area contributed by atoms with Crippen molar-refractivity contribution in [1.82, 2.24) is 9.97 Å². The van der Waals surface area contributed by atoms with Gasteiger partial charge in [0, 0.05) is 21.7 Å². The molecule has 1 aromatic heterocycles. The molecule has 0 bridgehead atoms. The summed E-state index contributed by atoms with van der Waals surface area (Å²) in [4.78, 5) is 32.1.